The Labute approximate surface area is 74.0 Å². The Balaban J connectivity index is 3.32. The molecular formula is C7H6ClN3O. The van der Waals surface area contributed by atoms with Crippen molar-refractivity contribution in [3.05, 3.63) is 33.2 Å². The Morgan fingerprint density at radius 1 is 1.58 bits per heavy atom. The Hall–Kier alpha value is -1.38. The maximum absolute atomic E-state index is 9.21. The first kappa shape index (κ1) is 8.71. The first-order chi connectivity index (χ1) is 5.65. The van der Waals surface area contributed by atoms with Gasteiger partial charge in [-0.05, 0) is 30.2 Å². The largest absolute Gasteiger partial charge is 0.508 e. The molecule has 0 spiro atoms. The Morgan fingerprint density at radius 2 is 2.25 bits per heavy atom. The van der Waals surface area contributed by atoms with Gasteiger partial charge in [0.1, 0.15) is 5.75 Å². The van der Waals surface area contributed by atoms with Gasteiger partial charge in [0.15, 0.2) is 0 Å². The molecule has 0 unspecified atom stereocenters. The fourth-order valence-electron chi connectivity index (χ4n) is 0.775. The van der Waals surface area contributed by atoms with Crippen LogP contribution in [0.4, 0.5) is 5.69 Å². The molecule has 4 nitrogen and oxygen atoms in total. The lowest BCUT2D eigenvalue weighted by Crippen LogP contribution is -1.74. The van der Waals surface area contributed by atoms with E-state index >= 15 is 0 Å². The summed E-state index contributed by atoms with van der Waals surface area (Å²) < 4.78 is 0. The van der Waals surface area contributed by atoms with Crippen LogP contribution in [0.5, 0.6) is 5.75 Å². The second kappa shape index (κ2) is 3.34. The standard InChI is InChI=1S/C7H6ClN3O/c1-4-2-5(8)6(10-11-9)3-7(4)12/h2-3,12H,1H3. The maximum Gasteiger partial charge on any atom is 0.119 e. The van der Waals surface area contributed by atoms with Crippen LogP contribution < -0.4 is 0 Å². The highest BCUT2D eigenvalue weighted by Gasteiger charge is 2.02. The zero-order valence-corrected chi connectivity index (χ0v) is 7.08. The molecule has 0 radical (unpaired) electrons. The molecule has 0 aromatic heterocycles. The van der Waals surface area contributed by atoms with Crippen LogP contribution in [0.2, 0.25) is 5.02 Å². The number of benzene rings is 1. The summed E-state index contributed by atoms with van der Waals surface area (Å²) in [6, 6.07) is 2.87. The van der Waals surface area contributed by atoms with E-state index in [2.05, 4.69) is 10.0 Å². The highest BCUT2D eigenvalue weighted by Crippen LogP contribution is 2.31. The van der Waals surface area contributed by atoms with Crippen molar-refractivity contribution in [1.29, 1.82) is 0 Å². The summed E-state index contributed by atoms with van der Waals surface area (Å²) in [5.74, 6) is 0.0711. The van der Waals surface area contributed by atoms with E-state index in [9.17, 15) is 5.11 Å². The minimum Gasteiger partial charge on any atom is -0.508 e. The van der Waals surface area contributed by atoms with Crippen LogP contribution in [0.1, 0.15) is 5.56 Å². The normalized spacial score (nSPS) is 9.17. The van der Waals surface area contributed by atoms with E-state index in [4.69, 9.17) is 17.1 Å². The molecule has 0 atom stereocenters. The van der Waals surface area contributed by atoms with E-state index < -0.39 is 0 Å². The van der Waals surface area contributed by atoms with Gasteiger partial charge in [-0.15, -0.1) is 0 Å². The predicted molar refractivity (Wildman–Crippen MR) is 46.7 cm³/mol. The van der Waals surface area contributed by atoms with E-state index in [1.54, 1.807) is 13.0 Å². The summed E-state index contributed by atoms with van der Waals surface area (Å²) in [4.78, 5) is 2.57. The number of rotatable bonds is 1. The average molecular weight is 184 g/mol. The van der Waals surface area contributed by atoms with Crippen molar-refractivity contribution in [1.82, 2.24) is 0 Å². The molecule has 5 heteroatoms. The minimum atomic E-state index is 0.0711. The van der Waals surface area contributed by atoms with Crippen LogP contribution in [0.3, 0.4) is 0 Å². The van der Waals surface area contributed by atoms with Gasteiger partial charge in [0, 0.05) is 4.91 Å². The van der Waals surface area contributed by atoms with Crippen molar-refractivity contribution in [3.63, 3.8) is 0 Å². The summed E-state index contributed by atoms with van der Waals surface area (Å²) >= 11 is 5.70. The number of azide groups is 1. The average Bonchev–Trinajstić information content (AvgIpc) is 2.01. The highest BCUT2D eigenvalue weighted by atomic mass is 35.5. The van der Waals surface area contributed by atoms with Crippen molar-refractivity contribution >= 4 is 17.3 Å². The van der Waals surface area contributed by atoms with Gasteiger partial charge < -0.3 is 5.11 Å². The van der Waals surface area contributed by atoms with Gasteiger partial charge in [-0.1, -0.05) is 16.7 Å². The molecule has 0 fully saturated rings. The second-order valence-electron chi connectivity index (χ2n) is 2.28. The van der Waals surface area contributed by atoms with Gasteiger partial charge in [0.2, 0.25) is 0 Å². The summed E-state index contributed by atoms with van der Waals surface area (Å²) in [7, 11) is 0. The molecule has 0 saturated carbocycles. The summed E-state index contributed by atoms with van der Waals surface area (Å²) in [6.45, 7) is 1.71. The van der Waals surface area contributed by atoms with Crippen molar-refractivity contribution < 1.29 is 5.11 Å². The monoisotopic (exact) mass is 183 g/mol. The van der Waals surface area contributed by atoms with E-state index in [0.29, 0.717) is 10.6 Å². The number of aryl methyl sites for hydroxylation is 1. The zero-order valence-electron chi connectivity index (χ0n) is 6.32. The first-order valence-corrected chi connectivity index (χ1v) is 3.57. The Bertz CT molecular complexity index is 358. The van der Waals surface area contributed by atoms with Crippen molar-refractivity contribution in [2.45, 2.75) is 6.92 Å². The Morgan fingerprint density at radius 3 is 2.83 bits per heavy atom. The van der Waals surface area contributed by atoms with E-state index in [1.165, 1.54) is 6.07 Å². The third-order valence-electron chi connectivity index (χ3n) is 1.42. The van der Waals surface area contributed by atoms with Crippen molar-refractivity contribution in [3.8, 4) is 5.75 Å². The van der Waals surface area contributed by atoms with Crippen LogP contribution in [0.25, 0.3) is 10.4 Å². The predicted octanol–water partition coefficient (Wildman–Crippen LogP) is 3.30. The number of aromatic hydroxyl groups is 1. The SMILES string of the molecule is Cc1cc(Cl)c(N=[N+]=[N-])cc1O. The van der Waals surface area contributed by atoms with Crippen LogP contribution in [-0.4, -0.2) is 5.11 Å². The molecule has 0 aliphatic rings. The molecule has 0 saturated heterocycles. The molecule has 0 amide bonds. The molecule has 1 aromatic carbocycles. The number of phenols is 1. The molecule has 1 rings (SSSR count). The lowest BCUT2D eigenvalue weighted by atomic mass is 10.2. The molecule has 1 N–H and O–H groups in total. The molecule has 12 heavy (non-hydrogen) atoms. The van der Waals surface area contributed by atoms with Crippen LogP contribution in [0.15, 0.2) is 17.2 Å². The molecule has 0 aliphatic heterocycles. The van der Waals surface area contributed by atoms with Gasteiger partial charge in [0.05, 0.1) is 10.7 Å². The lowest BCUT2D eigenvalue weighted by molar-refractivity contribution is 0.471. The fraction of sp³-hybridized carbons (Fsp3) is 0.143. The van der Waals surface area contributed by atoms with Gasteiger partial charge in [-0.25, -0.2) is 0 Å². The van der Waals surface area contributed by atoms with Gasteiger partial charge in [-0.3, -0.25) is 0 Å². The van der Waals surface area contributed by atoms with E-state index in [1.807, 2.05) is 0 Å². The molecular weight excluding hydrogens is 178 g/mol. The molecule has 0 heterocycles. The quantitative estimate of drug-likeness (QED) is 0.405. The van der Waals surface area contributed by atoms with Crippen molar-refractivity contribution in [2.24, 2.45) is 5.11 Å². The lowest BCUT2D eigenvalue weighted by Gasteiger charge is -2.01. The summed E-state index contributed by atoms with van der Waals surface area (Å²) in [6.07, 6.45) is 0. The topological polar surface area (TPSA) is 69.0 Å². The fourth-order valence-corrected chi connectivity index (χ4v) is 1.03. The van der Waals surface area contributed by atoms with Crippen LogP contribution in [0, 0.1) is 6.92 Å². The van der Waals surface area contributed by atoms with E-state index in [-0.39, 0.29) is 11.4 Å². The number of nitrogens with zero attached hydrogens (tertiary/aromatic N) is 3. The van der Waals surface area contributed by atoms with Gasteiger partial charge in [0.25, 0.3) is 0 Å². The molecule has 1 aromatic rings. The minimum absolute atomic E-state index is 0.0711. The smallest absolute Gasteiger partial charge is 0.119 e. The second-order valence-corrected chi connectivity index (χ2v) is 2.69. The van der Waals surface area contributed by atoms with Gasteiger partial charge in [-0.2, -0.15) is 0 Å². The molecule has 0 bridgehead atoms. The number of hydrogen-bond donors (Lipinski definition) is 1. The Kier molecular flexibility index (Phi) is 2.43. The third-order valence-corrected chi connectivity index (χ3v) is 1.72. The van der Waals surface area contributed by atoms with Crippen molar-refractivity contribution in [2.75, 3.05) is 0 Å². The third kappa shape index (κ3) is 1.61. The zero-order chi connectivity index (χ0) is 9.14. The van der Waals surface area contributed by atoms with Gasteiger partial charge >= 0.3 is 0 Å². The maximum atomic E-state index is 9.21. The molecule has 62 valence electrons. The summed E-state index contributed by atoms with van der Waals surface area (Å²) in [5, 5.41) is 12.8. The molecule has 0 aliphatic carbocycles. The first-order valence-electron chi connectivity index (χ1n) is 3.19. The van der Waals surface area contributed by atoms with E-state index in [0.717, 1.165) is 0 Å². The number of hydrogen-bond acceptors (Lipinski definition) is 2. The summed E-state index contributed by atoms with van der Waals surface area (Å²) in [5.41, 5.74) is 9.01. The number of phenolic OH excluding ortho intramolecular Hbond substituents is 1. The number of halogens is 1. The highest BCUT2D eigenvalue weighted by molar-refractivity contribution is 6.33. The van der Waals surface area contributed by atoms with Crippen LogP contribution >= 0.6 is 11.6 Å². The van der Waals surface area contributed by atoms with Crippen LogP contribution in [-0.2, 0) is 0 Å².